The second-order valence-electron chi connectivity index (χ2n) is 7.99. The van der Waals surface area contributed by atoms with Gasteiger partial charge in [0.25, 0.3) is 0 Å². The van der Waals surface area contributed by atoms with Crippen LogP contribution in [0.15, 0.2) is 30.6 Å². The quantitative estimate of drug-likeness (QED) is 0.452. The summed E-state index contributed by atoms with van der Waals surface area (Å²) >= 11 is 1.45. The lowest BCUT2D eigenvalue weighted by atomic mass is 9.89. The molecule has 0 atom stereocenters. The molecule has 3 heterocycles. The van der Waals surface area contributed by atoms with Crippen LogP contribution in [0.2, 0.25) is 0 Å². The molecule has 4 aromatic rings. The van der Waals surface area contributed by atoms with Crippen molar-refractivity contribution in [3.8, 4) is 27.8 Å². The Balaban J connectivity index is 1.67. The van der Waals surface area contributed by atoms with Crippen LogP contribution in [0.4, 0.5) is 10.2 Å². The standard InChI is InChI=1S/C23H24FN5O2S/c1-12-17-20(26-13-10-14(11-13)30-3)27-21(22-25-8-9-29(22)2)28-23(17)32-19(12)15-6-5-7-16(31-4)18(15)24/h5-9,13-14H,10-11H2,1-4H3,(H,26,27,28)/t13-,14-. The number of fused-ring (bicyclic) bond motifs is 1. The lowest BCUT2D eigenvalue weighted by molar-refractivity contribution is 0.0328. The third-order valence-electron chi connectivity index (χ3n) is 6.01. The van der Waals surface area contributed by atoms with E-state index in [9.17, 15) is 0 Å². The average molecular weight is 454 g/mol. The second-order valence-corrected chi connectivity index (χ2v) is 8.99. The van der Waals surface area contributed by atoms with Crippen LogP contribution in [0, 0.1) is 12.7 Å². The summed E-state index contributed by atoms with van der Waals surface area (Å²) in [5.41, 5.74) is 1.44. The van der Waals surface area contributed by atoms with Crippen molar-refractivity contribution in [1.82, 2.24) is 19.5 Å². The number of aryl methyl sites for hydroxylation is 2. The highest BCUT2D eigenvalue weighted by molar-refractivity contribution is 7.22. The fourth-order valence-electron chi connectivity index (χ4n) is 4.09. The SMILES string of the molecule is COc1cccc(-c2sc3nc(-c4nccn4C)nc(N[C@H]4C[C@H](OC)C4)c3c2C)c1F. The maximum atomic E-state index is 15.1. The van der Waals surface area contributed by atoms with Gasteiger partial charge in [0.15, 0.2) is 23.2 Å². The molecule has 0 spiro atoms. The summed E-state index contributed by atoms with van der Waals surface area (Å²) in [4.78, 5) is 15.7. The molecule has 0 saturated heterocycles. The zero-order chi connectivity index (χ0) is 22.4. The highest BCUT2D eigenvalue weighted by Crippen LogP contribution is 2.43. The van der Waals surface area contributed by atoms with Crippen molar-refractivity contribution in [3.63, 3.8) is 0 Å². The van der Waals surface area contributed by atoms with Crippen molar-refractivity contribution in [2.24, 2.45) is 7.05 Å². The predicted molar refractivity (Wildman–Crippen MR) is 124 cm³/mol. The van der Waals surface area contributed by atoms with Gasteiger partial charge in [-0.1, -0.05) is 12.1 Å². The van der Waals surface area contributed by atoms with Crippen molar-refractivity contribution >= 4 is 27.4 Å². The van der Waals surface area contributed by atoms with E-state index in [0.29, 0.717) is 17.2 Å². The number of ether oxygens (including phenoxy) is 2. The van der Waals surface area contributed by atoms with Gasteiger partial charge in [0.05, 0.1) is 18.6 Å². The van der Waals surface area contributed by atoms with E-state index in [0.717, 1.165) is 39.3 Å². The van der Waals surface area contributed by atoms with Crippen LogP contribution in [-0.2, 0) is 11.8 Å². The van der Waals surface area contributed by atoms with Gasteiger partial charge in [0.2, 0.25) is 0 Å². The molecule has 0 amide bonds. The maximum absolute atomic E-state index is 15.1. The zero-order valence-corrected chi connectivity index (χ0v) is 19.2. The van der Waals surface area contributed by atoms with Crippen molar-refractivity contribution in [2.45, 2.75) is 31.9 Å². The van der Waals surface area contributed by atoms with E-state index in [1.54, 1.807) is 31.5 Å². The normalized spacial score (nSPS) is 18.0. The van der Waals surface area contributed by atoms with E-state index in [2.05, 4.69) is 10.3 Å². The molecule has 5 rings (SSSR count). The fraction of sp³-hybridized carbons (Fsp3) is 0.348. The number of methoxy groups -OCH3 is 2. The minimum absolute atomic E-state index is 0.220. The molecule has 1 aromatic carbocycles. The van der Waals surface area contributed by atoms with Gasteiger partial charge < -0.3 is 19.4 Å². The van der Waals surface area contributed by atoms with Crippen LogP contribution in [0.3, 0.4) is 0 Å². The van der Waals surface area contributed by atoms with Gasteiger partial charge in [-0.15, -0.1) is 11.3 Å². The van der Waals surface area contributed by atoms with Crippen molar-refractivity contribution in [2.75, 3.05) is 19.5 Å². The summed E-state index contributed by atoms with van der Waals surface area (Å²) < 4.78 is 27.6. The van der Waals surface area contributed by atoms with Crippen molar-refractivity contribution < 1.29 is 13.9 Å². The molecular weight excluding hydrogens is 429 g/mol. The Morgan fingerprint density at radius 3 is 2.72 bits per heavy atom. The molecule has 7 nitrogen and oxygen atoms in total. The molecule has 0 unspecified atom stereocenters. The third-order valence-corrected chi connectivity index (χ3v) is 7.23. The van der Waals surface area contributed by atoms with Crippen LogP contribution < -0.4 is 10.1 Å². The summed E-state index contributed by atoms with van der Waals surface area (Å²) in [5.74, 6) is 1.80. The van der Waals surface area contributed by atoms with E-state index >= 15 is 4.39 Å². The first-order valence-electron chi connectivity index (χ1n) is 10.4. The molecule has 1 saturated carbocycles. The van der Waals surface area contributed by atoms with Gasteiger partial charge in [0.1, 0.15) is 10.6 Å². The number of aromatic nitrogens is 4. The largest absolute Gasteiger partial charge is 0.494 e. The average Bonchev–Trinajstić information content (AvgIpc) is 3.33. The first kappa shape index (κ1) is 20.8. The summed E-state index contributed by atoms with van der Waals surface area (Å²) in [6, 6.07) is 5.45. The molecule has 1 N–H and O–H groups in total. The Morgan fingerprint density at radius 1 is 1.22 bits per heavy atom. The van der Waals surface area contributed by atoms with Gasteiger partial charge in [-0.3, -0.25) is 0 Å². The Labute approximate surface area is 189 Å². The molecule has 9 heteroatoms. The number of imidazole rings is 1. The maximum Gasteiger partial charge on any atom is 0.199 e. The number of hydrogen-bond acceptors (Lipinski definition) is 7. The summed E-state index contributed by atoms with van der Waals surface area (Å²) in [6.07, 6.45) is 5.69. The minimum atomic E-state index is -0.377. The molecule has 0 bridgehead atoms. The van der Waals surface area contributed by atoms with E-state index < -0.39 is 0 Å². The van der Waals surface area contributed by atoms with Crippen LogP contribution in [0.25, 0.3) is 32.3 Å². The molecule has 32 heavy (non-hydrogen) atoms. The second kappa shape index (κ2) is 8.14. The minimum Gasteiger partial charge on any atom is -0.494 e. The Bertz CT molecular complexity index is 1300. The van der Waals surface area contributed by atoms with Gasteiger partial charge in [0, 0.05) is 43.0 Å². The molecule has 1 aliphatic rings. The molecular formula is C23H24FN5O2S. The van der Waals surface area contributed by atoms with Gasteiger partial charge >= 0.3 is 0 Å². The number of benzene rings is 1. The molecule has 1 fully saturated rings. The van der Waals surface area contributed by atoms with Crippen molar-refractivity contribution in [1.29, 1.82) is 0 Å². The first-order valence-corrected chi connectivity index (χ1v) is 11.2. The van der Waals surface area contributed by atoms with Crippen LogP contribution >= 0.6 is 11.3 Å². The van der Waals surface area contributed by atoms with Gasteiger partial charge in [-0.2, -0.15) is 0 Å². The van der Waals surface area contributed by atoms with Crippen LogP contribution in [0.5, 0.6) is 5.75 Å². The summed E-state index contributed by atoms with van der Waals surface area (Å²) in [7, 11) is 5.12. The fourth-order valence-corrected chi connectivity index (χ4v) is 5.29. The number of nitrogens with one attached hydrogen (secondary N) is 1. The number of thiophene rings is 1. The lowest BCUT2D eigenvalue weighted by Crippen LogP contribution is -2.40. The van der Waals surface area contributed by atoms with Crippen molar-refractivity contribution in [3.05, 3.63) is 42.0 Å². The predicted octanol–water partition coefficient (Wildman–Crippen LogP) is 4.80. The third kappa shape index (κ3) is 3.41. The highest BCUT2D eigenvalue weighted by Gasteiger charge is 2.31. The van der Waals surface area contributed by atoms with E-state index in [4.69, 9.17) is 19.4 Å². The number of rotatable bonds is 6. The van der Waals surface area contributed by atoms with E-state index in [-0.39, 0.29) is 23.7 Å². The lowest BCUT2D eigenvalue weighted by Gasteiger charge is -2.35. The molecule has 1 aliphatic carbocycles. The topological polar surface area (TPSA) is 74.1 Å². The van der Waals surface area contributed by atoms with Gasteiger partial charge in [-0.25, -0.2) is 19.3 Å². The van der Waals surface area contributed by atoms with E-state index in [1.165, 1.54) is 18.4 Å². The first-order chi connectivity index (χ1) is 15.5. The summed E-state index contributed by atoms with van der Waals surface area (Å²) in [5, 5.41) is 4.48. The molecule has 0 radical (unpaired) electrons. The molecule has 3 aromatic heterocycles. The Hall–Kier alpha value is -3.04. The Morgan fingerprint density at radius 2 is 2.03 bits per heavy atom. The van der Waals surface area contributed by atoms with Crippen LogP contribution in [0.1, 0.15) is 18.4 Å². The monoisotopic (exact) mass is 453 g/mol. The van der Waals surface area contributed by atoms with Crippen LogP contribution in [-0.4, -0.2) is 45.9 Å². The zero-order valence-electron chi connectivity index (χ0n) is 18.3. The number of nitrogens with zero attached hydrogens (tertiary/aromatic N) is 4. The smallest absolute Gasteiger partial charge is 0.199 e. The van der Waals surface area contributed by atoms with E-state index in [1.807, 2.05) is 24.7 Å². The molecule has 166 valence electrons. The molecule has 0 aliphatic heterocycles. The number of hydrogen-bond donors (Lipinski definition) is 1. The van der Waals surface area contributed by atoms with Gasteiger partial charge in [-0.05, 0) is 31.4 Å². The summed E-state index contributed by atoms with van der Waals surface area (Å²) in [6.45, 7) is 1.99. The Kier molecular flexibility index (Phi) is 5.30. The number of halogens is 1. The number of anilines is 1. The highest BCUT2D eigenvalue weighted by atomic mass is 32.1.